The van der Waals surface area contributed by atoms with Gasteiger partial charge >= 0.3 is 0 Å². The zero-order valence-corrected chi connectivity index (χ0v) is 6.13. The Hall–Kier alpha value is -0.0900. The average Bonchev–Trinajstić information content (AvgIpc) is 2.19. The fourth-order valence-corrected chi connectivity index (χ4v) is 1.61. The Labute approximate surface area is 56.5 Å². The molecule has 0 atom stereocenters. The molecule has 0 bridgehead atoms. The Balaban J connectivity index is 2.50. The van der Waals surface area contributed by atoms with Crippen molar-refractivity contribution >= 4 is 23.3 Å². The van der Waals surface area contributed by atoms with Crippen molar-refractivity contribution in [3.63, 3.8) is 0 Å². The summed E-state index contributed by atoms with van der Waals surface area (Å²) in [6.45, 7) is 0. The van der Waals surface area contributed by atoms with E-state index in [0.29, 0.717) is 0 Å². The predicted octanol–water partition coefficient (Wildman–Crippen LogP) is 1.40. The van der Waals surface area contributed by atoms with Crippen LogP contribution in [0.3, 0.4) is 0 Å². The Kier molecular flexibility index (Phi) is 2.29. The maximum Gasteiger partial charge on any atom is 0.0661 e. The second kappa shape index (κ2) is 3.04. The maximum atomic E-state index is 3.72. The quantitative estimate of drug-likeness (QED) is 0.630. The second-order valence-corrected chi connectivity index (χ2v) is 3.05. The van der Waals surface area contributed by atoms with Crippen LogP contribution in [0.2, 0.25) is 0 Å². The van der Waals surface area contributed by atoms with E-state index in [9.17, 15) is 0 Å². The molecule has 8 heavy (non-hydrogen) atoms. The van der Waals surface area contributed by atoms with E-state index < -0.39 is 0 Å². The van der Waals surface area contributed by atoms with Crippen molar-refractivity contribution in [3.05, 3.63) is 11.1 Å². The van der Waals surface area contributed by atoms with Crippen LogP contribution in [0.4, 0.5) is 0 Å². The second-order valence-electron chi connectivity index (χ2n) is 1.32. The average molecular weight is 146 g/mol. The third-order valence-electron chi connectivity index (χ3n) is 0.694. The van der Waals surface area contributed by atoms with Crippen LogP contribution in [0.15, 0.2) is 6.20 Å². The number of hydrogen-bond donors (Lipinski definition) is 0. The van der Waals surface area contributed by atoms with E-state index in [1.165, 1.54) is 16.4 Å². The molecule has 0 aliphatic heterocycles. The first-order valence-corrected chi connectivity index (χ1v) is 4.35. The summed E-state index contributed by atoms with van der Waals surface area (Å²) in [7, 11) is 0. The molecule has 0 saturated heterocycles. The van der Waals surface area contributed by atoms with Gasteiger partial charge in [-0.25, -0.2) is 0 Å². The van der Waals surface area contributed by atoms with Crippen LogP contribution < -0.4 is 0 Å². The van der Waals surface area contributed by atoms with Crippen molar-refractivity contribution < 1.29 is 0 Å². The Morgan fingerprint density at radius 3 is 3.25 bits per heavy atom. The first kappa shape index (κ1) is 6.04. The molecule has 1 aromatic heterocycles. The minimum atomic E-state index is 1.04. The smallest absolute Gasteiger partial charge is 0.0661 e. The standard InChI is InChI=1S/C4H6N2S2/c1-7-3-4-2-5-6-8-4/h2H,3H2,1H3. The zero-order valence-electron chi connectivity index (χ0n) is 4.50. The molecule has 0 unspecified atom stereocenters. The highest BCUT2D eigenvalue weighted by Gasteiger charge is 1.90. The van der Waals surface area contributed by atoms with Gasteiger partial charge in [0, 0.05) is 5.75 Å². The van der Waals surface area contributed by atoms with Gasteiger partial charge in [0.1, 0.15) is 0 Å². The van der Waals surface area contributed by atoms with Crippen molar-refractivity contribution in [1.29, 1.82) is 0 Å². The monoisotopic (exact) mass is 146 g/mol. The summed E-state index contributed by atoms with van der Waals surface area (Å²) in [6.07, 6.45) is 3.88. The van der Waals surface area contributed by atoms with Crippen LogP contribution in [-0.2, 0) is 5.75 Å². The van der Waals surface area contributed by atoms with Crippen molar-refractivity contribution in [2.24, 2.45) is 0 Å². The molecule has 2 nitrogen and oxygen atoms in total. The van der Waals surface area contributed by atoms with Gasteiger partial charge in [-0.15, -0.1) is 5.10 Å². The molecule has 1 heterocycles. The summed E-state index contributed by atoms with van der Waals surface area (Å²) < 4.78 is 3.72. The molecule has 1 aromatic rings. The fourth-order valence-electron chi connectivity index (χ4n) is 0.393. The van der Waals surface area contributed by atoms with Crippen LogP contribution in [0.1, 0.15) is 4.88 Å². The lowest BCUT2D eigenvalue weighted by atomic mass is 10.6. The van der Waals surface area contributed by atoms with Gasteiger partial charge < -0.3 is 0 Å². The van der Waals surface area contributed by atoms with Gasteiger partial charge in [0.25, 0.3) is 0 Å². The summed E-state index contributed by atoms with van der Waals surface area (Å²) in [5, 5.41) is 3.70. The van der Waals surface area contributed by atoms with E-state index in [-0.39, 0.29) is 0 Å². The van der Waals surface area contributed by atoms with E-state index >= 15 is 0 Å². The van der Waals surface area contributed by atoms with E-state index in [1.54, 1.807) is 18.0 Å². The number of thioether (sulfide) groups is 1. The van der Waals surface area contributed by atoms with Crippen LogP contribution in [-0.4, -0.2) is 15.8 Å². The third-order valence-corrected chi connectivity index (χ3v) is 2.14. The predicted molar refractivity (Wildman–Crippen MR) is 37.1 cm³/mol. The largest absolute Gasteiger partial charge is 0.160 e. The van der Waals surface area contributed by atoms with Gasteiger partial charge in [-0.05, 0) is 17.8 Å². The summed E-state index contributed by atoms with van der Waals surface area (Å²) in [5.74, 6) is 1.04. The molecular formula is C4H6N2S2. The summed E-state index contributed by atoms with van der Waals surface area (Å²) in [5.41, 5.74) is 0. The van der Waals surface area contributed by atoms with Crippen LogP contribution in [0.25, 0.3) is 0 Å². The molecule has 0 N–H and O–H groups in total. The lowest BCUT2D eigenvalue weighted by Gasteiger charge is -1.83. The van der Waals surface area contributed by atoms with E-state index in [2.05, 4.69) is 15.8 Å². The molecule has 0 amide bonds. The zero-order chi connectivity index (χ0) is 5.82. The van der Waals surface area contributed by atoms with Crippen molar-refractivity contribution in [3.8, 4) is 0 Å². The lowest BCUT2D eigenvalue weighted by Crippen LogP contribution is -1.66. The topological polar surface area (TPSA) is 25.8 Å². The molecule has 0 spiro atoms. The van der Waals surface area contributed by atoms with E-state index in [0.717, 1.165) is 5.75 Å². The van der Waals surface area contributed by atoms with Crippen molar-refractivity contribution in [2.75, 3.05) is 6.26 Å². The highest BCUT2D eigenvalue weighted by Crippen LogP contribution is 2.09. The number of nitrogens with zero attached hydrogens (tertiary/aromatic N) is 2. The molecule has 1 rings (SSSR count). The van der Waals surface area contributed by atoms with Gasteiger partial charge in [-0.3, -0.25) is 0 Å². The SMILES string of the molecule is CSCc1cnns1. The maximum absolute atomic E-state index is 3.72. The minimum Gasteiger partial charge on any atom is -0.160 e. The molecule has 0 aliphatic carbocycles. The molecule has 0 radical (unpaired) electrons. The molecule has 0 fully saturated rings. The molecule has 44 valence electrons. The summed E-state index contributed by atoms with van der Waals surface area (Å²) >= 11 is 3.26. The van der Waals surface area contributed by atoms with Crippen LogP contribution in [0.5, 0.6) is 0 Å². The highest BCUT2D eigenvalue weighted by molar-refractivity contribution is 7.97. The number of rotatable bonds is 2. The van der Waals surface area contributed by atoms with Gasteiger partial charge in [-0.2, -0.15) is 11.8 Å². The molecule has 4 heteroatoms. The van der Waals surface area contributed by atoms with Crippen molar-refractivity contribution in [2.45, 2.75) is 5.75 Å². The molecule has 0 aliphatic rings. The van der Waals surface area contributed by atoms with E-state index in [1.807, 2.05) is 0 Å². The third kappa shape index (κ3) is 1.45. The molecular weight excluding hydrogens is 140 g/mol. The van der Waals surface area contributed by atoms with Gasteiger partial charge in [0.05, 0.1) is 11.1 Å². The van der Waals surface area contributed by atoms with Crippen LogP contribution >= 0.6 is 23.3 Å². The molecule has 0 aromatic carbocycles. The number of hydrogen-bond acceptors (Lipinski definition) is 4. The number of aromatic nitrogens is 2. The lowest BCUT2D eigenvalue weighted by molar-refractivity contribution is 1.15. The highest BCUT2D eigenvalue weighted by atomic mass is 32.2. The fraction of sp³-hybridized carbons (Fsp3) is 0.500. The summed E-state index contributed by atoms with van der Waals surface area (Å²) in [6, 6.07) is 0. The Morgan fingerprint density at radius 1 is 1.88 bits per heavy atom. The Bertz CT molecular complexity index is 138. The van der Waals surface area contributed by atoms with E-state index in [4.69, 9.17) is 0 Å². The van der Waals surface area contributed by atoms with Gasteiger partial charge in [0.2, 0.25) is 0 Å². The normalized spacial score (nSPS) is 9.62. The molecule has 0 saturated carbocycles. The summed E-state index contributed by atoms with van der Waals surface area (Å²) in [4.78, 5) is 1.25. The van der Waals surface area contributed by atoms with Gasteiger partial charge in [0.15, 0.2) is 0 Å². The Morgan fingerprint density at radius 2 is 2.75 bits per heavy atom. The van der Waals surface area contributed by atoms with Crippen molar-refractivity contribution in [1.82, 2.24) is 9.59 Å². The minimum absolute atomic E-state index is 1.04. The first-order valence-electron chi connectivity index (χ1n) is 2.18. The van der Waals surface area contributed by atoms with Gasteiger partial charge in [-0.1, -0.05) is 4.49 Å². The first-order chi connectivity index (χ1) is 3.93. The van der Waals surface area contributed by atoms with Crippen LogP contribution in [0, 0.1) is 0 Å².